The Morgan fingerprint density at radius 3 is 2.50 bits per heavy atom. The van der Waals surface area contributed by atoms with E-state index in [-0.39, 0.29) is 0 Å². The molecular weight excluding hydrogens is 152 g/mol. The van der Waals surface area contributed by atoms with Gasteiger partial charge in [0.1, 0.15) is 0 Å². The van der Waals surface area contributed by atoms with Crippen LogP contribution in [0.4, 0.5) is 0 Å². The SMILES string of the molecule is CC.Cc1ccc2c(c1)OCO2. The van der Waals surface area contributed by atoms with Gasteiger partial charge in [-0.3, -0.25) is 0 Å². The molecule has 2 nitrogen and oxygen atoms in total. The summed E-state index contributed by atoms with van der Waals surface area (Å²) in [6.45, 7) is 6.39. The van der Waals surface area contributed by atoms with Gasteiger partial charge in [0.05, 0.1) is 0 Å². The highest BCUT2D eigenvalue weighted by atomic mass is 16.7. The summed E-state index contributed by atoms with van der Waals surface area (Å²) in [5, 5.41) is 0. The standard InChI is InChI=1S/C8H8O2.C2H6/c1-6-2-3-7-8(4-6)10-5-9-7;1-2/h2-4H,5H2,1H3;1-2H3. The fourth-order valence-corrected chi connectivity index (χ4v) is 1.00. The van der Waals surface area contributed by atoms with Crippen molar-refractivity contribution in [1.82, 2.24) is 0 Å². The van der Waals surface area contributed by atoms with Crippen LogP contribution in [0.25, 0.3) is 0 Å². The van der Waals surface area contributed by atoms with Gasteiger partial charge in [0.25, 0.3) is 0 Å². The number of aryl methyl sites for hydroxylation is 1. The Labute approximate surface area is 73.1 Å². The van der Waals surface area contributed by atoms with E-state index in [1.807, 2.05) is 39.0 Å². The maximum Gasteiger partial charge on any atom is 0.231 e. The summed E-state index contributed by atoms with van der Waals surface area (Å²) in [5.74, 6) is 1.71. The third kappa shape index (κ3) is 1.70. The number of hydrogen-bond acceptors (Lipinski definition) is 2. The zero-order chi connectivity index (χ0) is 8.97. The summed E-state index contributed by atoms with van der Waals surface area (Å²) >= 11 is 0. The quantitative estimate of drug-likeness (QED) is 0.590. The molecule has 0 N–H and O–H groups in total. The lowest BCUT2D eigenvalue weighted by Crippen LogP contribution is -1.92. The maximum atomic E-state index is 5.16. The Hall–Kier alpha value is -1.18. The molecule has 0 aliphatic carbocycles. The molecule has 1 heterocycles. The molecule has 0 atom stereocenters. The van der Waals surface area contributed by atoms with E-state index in [2.05, 4.69) is 0 Å². The monoisotopic (exact) mass is 166 g/mol. The van der Waals surface area contributed by atoms with E-state index < -0.39 is 0 Å². The molecular formula is C10H14O2. The van der Waals surface area contributed by atoms with Gasteiger partial charge in [-0.2, -0.15) is 0 Å². The molecule has 1 aliphatic rings. The van der Waals surface area contributed by atoms with E-state index in [1.165, 1.54) is 5.56 Å². The predicted octanol–water partition coefficient (Wildman–Crippen LogP) is 2.75. The summed E-state index contributed by atoms with van der Waals surface area (Å²) < 4.78 is 10.3. The molecule has 1 aromatic carbocycles. The van der Waals surface area contributed by atoms with Crippen molar-refractivity contribution < 1.29 is 9.47 Å². The van der Waals surface area contributed by atoms with Crippen molar-refractivity contribution >= 4 is 0 Å². The van der Waals surface area contributed by atoms with Gasteiger partial charge < -0.3 is 9.47 Å². The van der Waals surface area contributed by atoms with Gasteiger partial charge in [-0.1, -0.05) is 19.9 Å². The Morgan fingerprint density at radius 2 is 1.75 bits per heavy atom. The lowest BCUT2D eigenvalue weighted by atomic mass is 10.2. The molecule has 1 aromatic rings. The van der Waals surface area contributed by atoms with Gasteiger partial charge in [-0.05, 0) is 24.6 Å². The molecule has 1 aliphatic heterocycles. The van der Waals surface area contributed by atoms with Crippen LogP contribution in [-0.4, -0.2) is 6.79 Å². The molecule has 0 radical (unpaired) electrons. The molecule has 0 amide bonds. The second-order valence-electron chi connectivity index (χ2n) is 2.36. The molecule has 12 heavy (non-hydrogen) atoms. The van der Waals surface area contributed by atoms with E-state index in [4.69, 9.17) is 9.47 Å². The van der Waals surface area contributed by atoms with Gasteiger partial charge in [-0.15, -0.1) is 0 Å². The summed E-state index contributed by atoms with van der Waals surface area (Å²) in [5.41, 5.74) is 1.20. The molecule has 2 rings (SSSR count). The lowest BCUT2D eigenvalue weighted by Gasteiger charge is -1.94. The minimum Gasteiger partial charge on any atom is -0.454 e. The molecule has 0 aromatic heterocycles. The largest absolute Gasteiger partial charge is 0.454 e. The van der Waals surface area contributed by atoms with Gasteiger partial charge in [0.15, 0.2) is 11.5 Å². The molecule has 2 heteroatoms. The van der Waals surface area contributed by atoms with Crippen LogP contribution >= 0.6 is 0 Å². The number of fused-ring (bicyclic) bond motifs is 1. The first kappa shape index (κ1) is 8.91. The second kappa shape index (κ2) is 4.00. The molecule has 0 saturated heterocycles. The van der Waals surface area contributed by atoms with Crippen molar-refractivity contribution in [2.75, 3.05) is 6.79 Å². The highest BCUT2D eigenvalue weighted by Crippen LogP contribution is 2.31. The van der Waals surface area contributed by atoms with Crippen molar-refractivity contribution in [3.8, 4) is 11.5 Å². The normalized spacial score (nSPS) is 11.9. The zero-order valence-electron chi connectivity index (χ0n) is 7.76. The summed E-state index contributed by atoms with van der Waals surface area (Å²) in [4.78, 5) is 0. The van der Waals surface area contributed by atoms with Gasteiger partial charge in [-0.25, -0.2) is 0 Å². The van der Waals surface area contributed by atoms with Gasteiger partial charge in [0, 0.05) is 0 Å². The Morgan fingerprint density at radius 1 is 1.08 bits per heavy atom. The Bertz CT molecular complexity index is 256. The van der Waals surface area contributed by atoms with Crippen LogP contribution < -0.4 is 9.47 Å². The summed E-state index contributed by atoms with van der Waals surface area (Å²) in [6, 6.07) is 5.91. The molecule has 0 saturated carbocycles. The van der Waals surface area contributed by atoms with Gasteiger partial charge >= 0.3 is 0 Å². The molecule has 0 unspecified atom stereocenters. The zero-order valence-corrected chi connectivity index (χ0v) is 7.76. The van der Waals surface area contributed by atoms with Crippen molar-refractivity contribution in [2.24, 2.45) is 0 Å². The molecule has 66 valence electrons. The first-order chi connectivity index (χ1) is 5.86. The van der Waals surface area contributed by atoms with Crippen molar-refractivity contribution in [2.45, 2.75) is 20.8 Å². The average Bonchev–Trinajstić information content (AvgIpc) is 2.54. The van der Waals surface area contributed by atoms with Crippen molar-refractivity contribution in [3.63, 3.8) is 0 Å². The van der Waals surface area contributed by atoms with Crippen LogP contribution in [0.15, 0.2) is 18.2 Å². The van der Waals surface area contributed by atoms with E-state index in [9.17, 15) is 0 Å². The average molecular weight is 166 g/mol. The first-order valence-electron chi connectivity index (χ1n) is 4.22. The molecule has 0 fully saturated rings. The number of rotatable bonds is 0. The van der Waals surface area contributed by atoms with E-state index in [0.717, 1.165) is 11.5 Å². The Kier molecular flexibility index (Phi) is 2.97. The van der Waals surface area contributed by atoms with Crippen LogP contribution in [0.3, 0.4) is 0 Å². The van der Waals surface area contributed by atoms with E-state index in [1.54, 1.807) is 0 Å². The van der Waals surface area contributed by atoms with Crippen LogP contribution in [0, 0.1) is 6.92 Å². The van der Waals surface area contributed by atoms with E-state index in [0.29, 0.717) is 6.79 Å². The minimum absolute atomic E-state index is 0.360. The fourth-order valence-electron chi connectivity index (χ4n) is 1.00. The summed E-state index contributed by atoms with van der Waals surface area (Å²) in [7, 11) is 0. The van der Waals surface area contributed by atoms with Crippen LogP contribution in [0.2, 0.25) is 0 Å². The lowest BCUT2D eigenvalue weighted by molar-refractivity contribution is 0.174. The topological polar surface area (TPSA) is 18.5 Å². The summed E-state index contributed by atoms with van der Waals surface area (Å²) in [6.07, 6.45) is 0. The van der Waals surface area contributed by atoms with Gasteiger partial charge in [0.2, 0.25) is 6.79 Å². The minimum atomic E-state index is 0.360. The number of hydrogen-bond donors (Lipinski definition) is 0. The van der Waals surface area contributed by atoms with Crippen molar-refractivity contribution in [1.29, 1.82) is 0 Å². The third-order valence-electron chi connectivity index (χ3n) is 1.53. The predicted molar refractivity (Wildman–Crippen MR) is 48.7 cm³/mol. The first-order valence-corrected chi connectivity index (χ1v) is 4.22. The van der Waals surface area contributed by atoms with Crippen LogP contribution in [0.5, 0.6) is 11.5 Å². The fraction of sp³-hybridized carbons (Fsp3) is 0.400. The number of ether oxygens (including phenoxy) is 2. The maximum absolute atomic E-state index is 5.16. The van der Waals surface area contributed by atoms with E-state index >= 15 is 0 Å². The van der Waals surface area contributed by atoms with Crippen LogP contribution in [0.1, 0.15) is 19.4 Å². The third-order valence-corrected chi connectivity index (χ3v) is 1.53. The number of benzene rings is 1. The Balaban J connectivity index is 0.000000336. The molecule has 0 bridgehead atoms. The second-order valence-corrected chi connectivity index (χ2v) is 2.36. The van der Waals surface area contributed by atoms with Crippen molar-refractivity contribution in [3.05, 3.63) is 23.8 Å². The smallest absolute Gasteiger partial charge is 0.231 e. The highest BCUT2D eigenvalue weighted by Gasteiger charge is 2.11. The highest BCUT2D eigenvalue weighted by molar-refractivity contribution is 5.43. The molecule has 0 spiro atoms. The van der Waals surface area contributed by atoms with Crippen LogP contribution in [-0.2, 0) is 0 Å².